The van der Waals surface area contributed by atoms with Crippen molar-refractivity contribution in [2.75, 3.05) is 25.1 Å². The standard InChI is InChI=1S/C18H21FN4O4/c1-12(24)20-9-15-11-23(18(25)27-15)14-3-4-17(16(19)7-14)22-6-5-13(10-22)8-21-26-2/h3-7,10,15,21H,8-9,11H2,1-2H3,(H,20,24)/t15-/m0/s1. The topological polar surface area (TPSA) is 84.8 Å². The van der Waals surface area contributed by atoms with Gasteiger partial charge < -0.3 is 19.5 Å². The van der Waals surface area contributed by atoms with Crippen LogP contribution in [0.5, 0.6) is 0 Å². The van der Waals surface area contributed by atoms with Crippen molar-refractivity contribution in [3.63, 3.8) is 0 Å². The van der Waals surface area contributed by atoms with Gasteiger partial charge in [0.05, 0.1) is 31.6 Å². The second kappa shape index (κ2) is 8.19. The van der Waals surface area contributed by atoms with Gasteiger partial charge in [0, 0.05) is 25.9 Å². The summed E-state index contributed by atoms with van der Waals surface area (Å²) in [4.78, 5) is 29.2. The molecular formula is C18H21FN4O4. The number of nitrogens with one attached hydrogen (secondary N) is 2. The number of hydrogen-bond acceptors (Lipinski definition) is 5. The highest BCUT2D eigenvalue weighted by Gasteiger charge is 2.32. The van der Waals surface area contributed by atoms with Crippen LogP contribution in [-0.2, 0) is 20.9 Å². The zero-order valence-corrected chi connectivity index (χ0v) is 15.1. The van der Waals surface area contributed by atoms with E-state index in [4.69, 9.17) is 9.57 Å². The van der Waals surface area contributed by atoms with Crippen molar-refractivity contribution in [1.29, 1.82) is 0 Å². The molecular weight excluding hydrogens is 355 g/mol. The molecule has 27 heavy (non-hydrogen) atoms. The summed E-state index contributed by atoms with van der Waals surface area (Å²) in [5.74, 6) is -0.667. The fraction of sp³-hybridized carbons (Fsp3) is 0.333. The van der Waals surface area contributed by atoms with Gasteiger partial charge in [0.2, 0.25) is 5.91 Å². The third kappa shape index (κ3) is 4.44. The minimum Gasteiger partial charge on any atom is -0.442 e. The van der Waals surface area contributed by atoms with E-state index in [9.17, 15) is 14.0 Å². The summed E-state index contributed by atoms with van der Waals surface area (Å²) in [6.45, 7) is 2.35. The van der Waals surface area contributed by atoms with Crippen molar-refractivity contribution in [2.45, 2.75) is 19.6 Å². The maximum atomic E-state index is 14.6. The third-order valence-corrected chi connectivity index (χ3v) is 4.15. The van der Waals surface area contributed by atoms with Gasteiger partial charge in [-0.25, -0.2) is 9.18 Å². The van der Waals surface area contributed by atoms with Crippen molar-refractivity contribution in [3.8, 4) is 5.69 Å². The summed E-state index contributed by atoms with van der Waals surface area (Å²) in [5.41, 5.74) is 4.43. The first-order valence-corrected chi connectivity index (χ1v) is 8.43. The average molecular weight is 376 g/mol. The predicted octanol–water partition coefficient (Wildman–Crippen LogP) is 1.73. The van der Waals surface area contributed by atoms with Gasteiger partial charge in [0.1, 0.15) is 11.9 Å². The lowest BCUT2D eigenvalue weighted by atomic mass is 10.2. The number of ether oxygens (including phenoxy) is 1. The molecule has 1 aromatic heterocycles. The molecule has 0 bridgehead atoms. The van der Waals surface area contributed by atoms with E-state index in [-0.39, 0.29) is 19.0 Å². The molecule has 9 heteroatoms. The van der Waals surface area contributed by atoms with Gasteiger partial charge in [-0.1, -0.05) is 0 Å². The smallest absolute Gasteiger partial charge is 0.414 e. The molecule has 1 aliphatic heterocycles. The Morgan fingerprint density at radius 3 is 2.93 bits per heavy atom. The molecule has 1 aliphatic rings. The van der Waals surface area contributed by atoms with Gasteiger partial charge in [0.15, 0.2) is 0 Å². The van der Waals surface area contributed by atoms with E-state index in [1.54, 1.807) is 29.1 Å². The lowest BCUT2D eigenvalue weighted by molar-refractivity contribution is -0.119. The molecule has 0 saturated carbocycles. The van der Waals surface area contributed by atoms with Gasteiger partial charge in [-0.3, -0.25) is 9.69 Å². The summed E-state index contributed by atoms with van der Waals surface area (Å²) >= 11 is 0. The molecule has 1 aromatic carbocycles. The molecule has 1 saturated heterocycles. The minimum atomic E-state index is -0.564. The van der Waals surface area contributed by atoms with Crippen LogP contribution in [0.3, 0.4) is 0 Å². The molecule has 1 fully saturated rings. The summed E-state index contributed by atoms with van der Waals surface area (Å²) < 4.78 is 21.5. The molecule has 2 N–H and O–H groups in total. The normalized spacial score (nSPS) is 16.5. The number of hydrogen-bond donors (Lipinski definition) is 2. The summed E-state index contributed by atoms with van der Waals surface area (Å²) in [5, 5.41) is 2.60. The Bertz CT molecular complexity index is 839. The van der Waals surface area contributed by atoms with Crippen LogP contribution in [0.25, 0.3) is 5.69 Å². The largest absolute Gasteiger partial charge is 0.442 e. The van der Waals surface area contributed by atoms with Crippen LogP contribution in [-0.4, -0.2) is 42.9 Å². The van der Waals surface area contributed by atoms with Crippen LogP contribution in [0.2, 0.25) is 0 Å². The highest BCUT2D eigenvalue weighted by atomic mass is 19.1. The number of benzene rings is 1. The Morgan fingerprint density at radius 2 is 2.22 bits per heavy atom. The van der Waals surface area contributed by atoms with E-state index in [1.807, 2.05) is 6.07 Å². The lowest BCUT2D eigenvalue weighted by Gasteiger charge is -2.15. The molecule has 0 spiro atoms. The fourth-order valence-corrected chi connectivity index (χ4v) is 2.82. The molecule has 1 atom stereocenters. The number of rotatable bonds is 7. The molecule has 2 aromatic rings. The Hall–Kier alpha value is -2.91. The maximum Gasteiger partial charge on any atom is 0.414 e. The third-order valence-electron chi connectivity index (χ3n) is 4.15. The summed E-state index contributed by atoms with van der Waals surface area (Å²) in [6.07, 6.45) is 2.51. The van der Waals surface area contributed by atoms with Gasteiger partial charge in [-0.15, -0.1) is 0 Å². The number of hydroxylamine groups is 1. The number of carbonyl (C=O) groups excluding carboxylic acids is 2. The Balaban J connectivity index is 1.72. The van der Waals surface area contributed by atoms with Gasteiger partial charge in [-0.2, -0.15) is 5.48 Å². The second-order valence-electron chi connectivity index (χ2n) is 6.14. The van der Waals surface area contributed by atoms with E-state index >= 15 is 0 Å². The fourth-order valence-electron chi connectivity index (χ4n) is 2.82. The summed E-state index contributed by atoms with van der Waals surface area (Å²) in [6, 6.07) is 6.41. The van der Waals surface area contributed by atoms with Crippen LogP contribution < -0.4 is 15.7 Å². The predicted molar refractivity (Wildman–Crippen MR) is 95.9 cm³/mol. The van der Waals surface area contributed by atoms with Gasteiger partial charge >= 0.3 is 6.09 Å². The zero-order valence-electron chi connectivity index (χ0n) is 15.1. The van der Waals surface area contributed by atoms with Crippen LogP contribution in [0.4, 0.5) is 14.9 Å². The van der Waals surface area contributed by atoms with Crippen molar-refractivity contribution in [3.05, 3.63) is 48.0 Å². The Morgan fingerprint density at radius 1 is 1.41 bits per heavy atom. The number of carbonyl (C=O) groups is 2. The van der Waals surface area contributed by atoms with Crippen molar-refractivity contribution in [1.82, 2.24) is 15.4 Å². The van der Waals surface area contributed by atoms with E-state index in [2.05, 4.69) is 10.8 Å². The van der Waals surface area contributed by atoms with Crippen LogP contribution in [0.15, 0.2) is 36.7 Å². The van der Waals surface area contributed by atoms with E-state index in [0.717, 1.165) is 5.56 Å². The highest BCUT2D eigenvalue weighted by Crippen LogP contribution is 2.25. The Labute approximate surface area is 155 Å². The van der Waals surface area contributed by atoms with E-state index in [0.29, 0.717) is 17.9 Å². The zero-order chi connectivity index (χ0) is 19.4. The van der Waals surface area contributed by atoms with Gasteiger partial charge in [0.25, 0.3) is 0 Å². The monoisotopic (exact) mass is 376 g/mol. The number of aromatic nitrogens is 1. The van der Waals surface area contributed by atoms with E-state index in [1.165, 1.54) is 25.0 Å². The number of nitrogens with zero attached hydrogens (tertiary/aromatic N) is 2. The number of halogens is 1. The number of cyclic esters (lactones) is 1. The van der Waals surface area contributed by atoms with E-state index < -0.39 is 18.0 Å². The molecule has 2 heterocycles. The van der Waals surface area contributed by atoms with Gasteiger partial charge in [-0.05, 0) is 29.8 Å². The van der Waals surface area contributed by atoms with Crippen molar-refractivity contribution < 1.29 is 23.6 Å². The first kappa shape index (κ1) is 18.9. The van der Waals surface area contributed by atoms with Crippen LogP contribution >= 0.6 is 0 Å². The summed E-state index contributed by atoms with van der Waals surface area (Å²) in [7, 11) is 1.53. The van der Waals surface area contributed by atoms with Crippen molar-refractivity contribution in [2.24, 2.45) is 0 Å². The molecule has 2 amide bonds. The highest BCUT2D eigenvalue weighted by molar-refractivity contribution is 5.90. The van der Waals surface area contributed by atoms with Crippen LogP contribution in [0, 0.1) is 5.82 Å². The minimum absolute atomic E-state index is 0.202. The molecule has 0 aliphatic carbocycles. The molecule has 8 nitrogen and oxygen atoms in total. The molecule has 3 rings (SSSR count). The van der Waals surface area contributed by atoms with Crippen LogP contribution in [0.1, 0.15) is 12.5 Å². The average Bonchev–Trinajstić information content (AvgIpc) is 3.24. The SMILES string of the molecule is CONCc1ccn(-c2ccc(N3C[C@H](CNC(C)=O)OC3=O)cc2F)c1. The molecule has 0 radical (unpaired) electrons. The number of anilines is 1. The first-order chi connectivity index (χ1) is 13.0. The molecule has 144 valence electrons. The quantitative estimate of drug-likeness (QED) is 0.719. The second-order valence-corrected chi connectivity index (χ2v) is 6.14. The number of amides is 2. The first-order valence-electron chi connectivity index (χ1n) is 8.43. The Kier molecular flexibility index (Phi) is 5.72. The van der Waals surface area contributed by atoms with Crippen molar-refractivity contribution >= 4 is 17.7 Å². The molecule has 0 unspecified atom stereocenters. The maximum absolute atomic E-state index is 14.6. The lowest BCUT2D eigenvalue weighted by Crippen LogP contribution is -2.33.